The van der Waals surface area contributed by atoms with Crippen molar-refractivity contribution >= 4 is 0 Å². The van der Waals surface area contributed by atoms with E-state index in [0.717, 1.165) is 6.07 Å². The smallest absolute Gasteiger partial charge is 0.330 e. The van der Waals surface area contributed by atoms with Gasteiger partial charge in [-0.15, -0.1) is 0 Å². The van der Waals surface area contributed by atoms with Gasteiger partial charge >= 0.3 is 6.18 Å². The summed E-state index contributed by atoms with van der Waals surface area (Å²) in [7, 11) is 0. The highest BCUT2D eigenvalue weighted by Gasteiger charge is 2.35. The SMILES string of the molecule is CC(C)C(CCN)c1ccccc1C(F)(F)F. The van der Waals surface area contributed by atoms with E-state index in [2.05, 4.69) is 0 Å². The zero-order chi connectivity index (χ0) is 13.1. The molecule has 0 bridgehead atoms. The van der Waals surface area contributed by atoms with Gasteiger partial charge in [0.2, 0.25) is 0 Å². The molecule has 0 saturated heterocycles. The van der Waals surface area contributed by atoms with Crippen LogP contribution in [0.2, 0.25) is 0 Å². The van der Waals surface area contributed by atoms with Crippen molar-refractivity contribution in [1.82, 2.24) is 0 Å². The minimum absolute atomic E-state index is 0.141. The molecule has 0 fully saturated rings. The molecule has 2 N–H and O–H groups in total. The fourth-order valence-corrected chi connectivity index (χ4v) is 2.11. The minimum atomic E-state index is -4.29. The summed E-state index contributed by atoms with van der Waals surface area (Å²) < 4.78 is 38.6. The molecule has 1 unspecified atom stereocenters. The summed E-state index contributed by atoms with van der Waals surface area (Å²) in [5.41, 5.74) is 5.31. The first-order valence-corrected chi connectivity index (χ1v) is 5.74. The average Bonchev–Trinajstić information content (AvgIpc) is 2.24. The van der Waals surface area contributed by atoms with E-state index >= 15 is 0 Å². The van der Waals surface area contributed by atoms with E-state index in [9.17, 15) is 13.2 Å². The summed E-state index contributed by atoms with van der Waals surface area (Å²) in [6.07, 6.45) is -3.72. The second-order valence-corrected chi connectivity index (χ2v) is 4.51. The Bertz CT molecular complexity index is 358. The van der Waals surface area contributed by atoms with Gasteiger partial charge in [-0.05, 0) is 36.4 Å². The van der Waals surface area contributed by atoms with Crippen LogP contribution < -0.4 is 5.73 Å². The van der Waals surface area contributed by atoms with Crippen molar-refractivity contribution in [3.8, 4) is 0 Å². The van der Waals surface area contributed by atoms with Gasteiger partial charge in [-0.1, -0.05) is 32.0 Å². The molecule has 0 spiro atoms. The largest absolute Gasteiger partial charge is 0.416 e. The van der Waals surface area contributed by atoms with Gasteiger partial charge in [-0.2, -0.15) is 13.2 Å². The summed E-state index contributed by atoms with van der Waals surface area (Å²) in [6.45, 7) is 4.25. The van der Waals surface area contributed by atoms with Crippen LogP contribution in [0.4, 0.5) is 13.2 Å². The number of hydrogen-bond acceptors (Lipinski definition) is 1. The predicted molar refractivity (Wildman–Crippen MR) is 62.7 cm³/mol. The molecule has 0 saturated carbocycles. The van der Waals surface area contributed by atoms with Crippen molar-refractivity contribution in [1.29, 1.82) is 0 Å². The quantitative estimate of drug-likeness (QED) is 0.858. The fraction of sp³-hybridized carbons (Fsp3) is 0.538. The molecule has 1 aromatic carbocycles. The van der Waals surface area contributed by atoms with Crippen LogP contribution in [-0.2, 0) is 6.18 Å². The molecule has 0 amide bonds. The molecule has 0 radical (unpaired) electrons. The van der Waals surface area contributed by atoms with E-state index in [4.69, 9.17) is 5.73 Å². The molecule has 1 nitrogen and oxygen atoms in total. The lowest BCUT2D eigenvalue weighted by molar-refractivity contribution is -0.138. The Morgan fingerprint density at radius 2 is 1.76 bits per heavy atom. The van der Waals surface area contributed by atoms with Gasteiger partial charge in [0.05, 0.1) is 5.56 Å². The Labute approximate surface area is 99.8 Å². The average molecular weight is 245 g/mol. The van der Waals surface area contributed by atoms with Crippen molar-refractivity contribution in [2.75, 3.05) is 6.54 Å². The Kier molecular flexibility index (Phi) is 4.57. The first kappa shape index (κ1) is 14.0. The van der Waals surface area contributed by atoms with Crippen molar-refractivity contribution < 1.29 is 13.2 Å². The molecule has 17 heavy (non-hydrogen) atoms. The molecule has 4 heteroatoms. The Morgan fingerprint density at radius 1 is 1.18 bits per heavy atom. The first-order valence-electron chi connectivity index (χ1n) is 5.74. The third-order valence-electron chi connectivity index (χ3n) is 2.95. The predicted octanol–water partition coefficient (Wildman–Crippen LogP) is 3.79. The Morgan fingerprint density at radius 3 is 2.24 bits per heavy atom. The van der Waals surface area contributed by atoms with Gasteiger partial charge in [-0.25, -0.2) is 0 Å². The molecule has 0 heterocycles. The monoisotopic (exact) mass is 245 g/mol. The van der Waals surface area contributed by atoms with Crippen molar-refractivity contribution in [2.45, 2.75) is 32.4 Å². The summed E-state index contributed by atoms with van der Waals surface area (Å²) >= 11 is 0. The number of alkyl halides is 3. The minimum Gasteiger partial charge on any atom is -0.330 e. The van der Waals surface area contributed by atoms with Crippen molar-refractivity contribution in [3.63, 3.8) is 0 Å². The number of hydrogen-bond donors (Lipinski definition) is 1. The van der Waals surface area contributed by atoms with E-state index in [1.54, 1.807) is 12.1 Å². The molecule has 0 aliphatic carbocycles. The number of rotatable bonds is 4. The number of benzene rings is 1. The third-order valence-corrected chi connectivity index (χ3v) is 2.95. The van der Waals surface area contributed by atoms with E-state index < -0.39 is 11.7 Å². The van der Waals surface area contributed by atoms with E-state index in [-0.39, 0.29) is 11.8 Å². The molecular weight excluding hydrogens is 227 g/mol. The number of nitrogens with two attached hydrogens (primary N) is 1. The Balaban J connectivity index is 3.19. The highest BCUT2D eigenvalue weighted by atomic mass is 19.4. The summed E-state index contributed by atoms with van der Waals surface area (Å²) in [6, 6.07) is 5.77. The van der Waals surface area contributed by atoms with E-state index in [0.29, 0.717) is 18.5 Å². The molecule has 0 aliphatic heterocycles. The second kappa shape index (κ2) is 5.54. The maximum atomic E-state index is 12.9. The maximum absolute atomic E-state index is 12.9. The fourth-order valence-electron chi connectivity index (χ4n) is 2.11. The van der Waals surface area contributed by atoms with Crippen LogP contribution in [0.1, 0.15) is 37.3 Å². The van der Waals surface area contributed by atoms with E-state index in [1.165, 1.54) is 6.07 Å². The van der Waals surface area contributed by atoms with Crippen molar-refractivity contribution in [3.05, 3.63) is 35.4 Å². The second-order valence-electron chi connectivity index (χ2n) is 4.51. The lowest BCUT2D eigenvalue weighted by Crippen LogP contribution is -2.18. The van der Waals surface area contributed by atoms with Gasteiger partial charge in [0.25, 0.3) is 0 Å². The standard InChI is InChI=1S/C13H18F3N/c1-9(2)10(7-8-17)11-5-3-4-6-12(11)13(14,15)16/h3-6,9-10H,7-8,17H2,1-2H3. The van der Waals surface area contributed by atoms with Crippen LogP contribution >= 0.6 is 0 Å². The summed E-state index contributed by atoms with van der Waals surface area (Å²) in [5.74, 6) is -0.000116. The van der Waals surface area contributed by atoms with Crippen LogP contribution in [-0.4, -0.2) is 6.54 Å². The van der Waals surface area contributed by atoms with Gasteiger partial charge in [0, 0.05) is 0 Å². The van der Waals surface area contributed by atoms with Crippen LogP contribution in [0, 0.1) is 5.92 Å². The van der Waals surface area contributed by atoms with Gasteiger partial charge in [-0.3, -0.25) is 0 Å². The zero-order valence-corrected chi connectivity index (χ0v) is 10.1. The topological polar surface area (TPSA) is 26.0 Å². The maximum Gasteiger partial charge on any atom is 0.416 e. The number of halogens is 3. The summed E-state index contributed by atoms with van der Waals surface area (Å²) in [5, 5.41) is 0. The van der Waals surface area contributed by atoms with Crippen LogP contribution in [0.25, 0.3) is 0 Å². The molecule has 1 atom stereocenters. The van der Waals surface area contributed by atoms with Crippen LogP contribution in [0.3, 0.4) is 0 Å². The molecule has 1 aromatic rings. The Hall–Kier alpha value is -1.03. The highest BCUT2D eigenvalue weighted by molar-refractivity contribution is 5.33. The zero-order valence-electron chi connectivity index (χ0n) is 10.1. The normalized spacial score (nSPS) is 14.1. The molecule has 0 aliphatic rings. The van der Waals surface area contributed by atoms with Gasteiger partial charge in [0.15, 0.2) is 0 Å². The van der Waals surface area contributed by atoms with Crippen molar-refractivity contribution in [2.24, 2.45) is 11.7 Å². The summed E-state index contributed by atoms with van der Waals surface area (Å²) in [4.78, 5) is 0. The molecule has 96 valence electrons. The van der Waals surface area contributed by atoms with Crippen LogP contribution in [0.15, 0.2) is 24.3 Å². The van der Waals surface area contributed by atoms with E-state index in [1.807, 2.05) is 13.8 Å². The van der Waals surface area contributed by atoms with Crippen LogP contribution in [0.5, 0.6) is 0 Å². The third kappa shape index (κ3) is 3.46. The lowest BCUT2D eigenvalue weighted by atomic mass is 9.83. The van der Waals surface area contributed by atoms with Gasteiger partial charge in [0.1, 0.15) is 0 Å². The molecular formula is C13H18F3N. The molecule has 0 aromatic heterocycles. The van der Waals surface area contributed by atoms with Gasteiger partial charge < -0.3 is 5.73 Å². The highest BCUT2D eigenvalue weighted by Crippen LogP contribution is 2.38. The lowest BCUT2D eigenvalue weighted by Gasteiger charge is -2.24. The molecule has 1 rings (SSSR count). The first-order chi connectivity index (χ1) is 7.88.